The molecule has 0 unspecified atom stereocenters. The van der Waals surface area contributed by atoms with Crippen molar-refractivity contribution in [3.63, 3.8) is 0 Å². The van der Waals surface area contributed by atoms with Crippen LogP contribution in [-0.4, -0.2) is 21.7 Å². The number of thiophene rings is 2. The Morgan fingerprint density at radius 3 is 1.79 bits per heavy atom. The summed E-state index contributed by atoms with van der Waals surface area (Å²) in [6, 6.07) is 78.2. The van der Waals surface area contributed by atoms with Gasteiger partial charge in [-0.15, -0.1) is 22.7 Å². The van der Waals surface area contributed by atoms with Crippen molar-refractivity contribution < 1.29 is 0 Å². The lowest BCUT2D eigenvalue weighted by molar-refractivity contribution is 0.660. The van der Waals surface area contributed by atoms with E-state index in [4.69, 9.17) is 15.0 Å². The number of nitrogens with zero attached hydrogens (tertiary/aromatic N) is 4. The van der Waals surface area contributed by atoms with E-state index in [2.05, 4.69) is 231 Å². The van der Waals surface area contributed by atoms with Gasteiger partial charge in [0, 0.05) is 74.1 Å². The molecule has 0 radical (unpaired) electrons. The zero-order valence-corrected chi connectivity index (χ0v) is 41.5. The van der Waals surface area contributed by atoms with Gasteiger partial charge in [0.05, 0.1) is 0 Å². The molecular weight excluding hydrogens is 924 g/mol. The number of hydrogen-bond donors (Lipinski definition) is 0. The number of fused-ring (bicyclic) bond motifs is 14. The van der Waals surface area contributed by atoms with E-state index >= 15 is 0 Å². The standard InChI is InChI=1S/C66H41BN4S2/c1-66(2)52-24-12-8-19-43(52)44-30-28-39(33-53(44)66)63-68-64(70-65(69-63)49-23-7-6-18-42(49)38-16-4-3-5-17-38)40-32-51-45-20-9-13-25-54(45)67-55-36-50-47-22-11-15-27-59(47)73-61(50)37-56(55)71(57(34-40)62(51)67)41-29-31-48-46-21-10-14-26-58(46)72-60(48)35-41/h3-37H,1-2H3. The highest BCUT2D eigenvalue weighted by molar-refractivity contribution is 7.26. The number of rotatable bonds is 5. The van der Waals surface area contributed by atoms with Gasteiger partial charge in [0.2, 0.25) is 6.71 Å². The first-order valence-corrected chi connectivity index (χ1v) is 26.7. The normalized spacial score (nSPS) is 13.7. The van der Waals surface area contributed by atoms with Crippen molar-refractivity contribution in [3.05, 3.63) is 223 Å². The molecule has 5 heterocycles. The number of aromatic nitrogens is 3. The van der Waals surface area contributed by atoms with E-state index in [1.807, 2.05) is 22.7 Å². The molecule has 1 aliphatic carbocycles. The average Bonchev–Trinajstić information content (AvgIpc) is 4.20. The molecule has 0 spiro atoms. The van der Waals surface area contributed by atoms with E-state index in [1.165, 1.54) is 95.8 Å². The van der Waals surface area contributed by atoms with Crippen molar-refractivity contribution in [3.8, 4) is 67.5 Å². The summed E-state index contributed by atoms with van der Waals surface area (Å²) < 4.78 is 5.15. The summed E-state index contributed by atoms with van der Waals surface area (Å²) in [6.07, 6.45) is 0. The van der Waals surface area contributed by atoms with E-state index in [0.717, 1.165) is 39.2 Å². The van der Waals surface area contributed by atoms with Crippen LogP contribution in [0, 0.1) is 0 Å². The van der Waals surface area contributed by atoms with Gasteiger partial charge in [-0.3, -0.25) is 0 Å². The summed E-state index contributed by atoms with van der Waals surface area (Å²) >= 11 is 3.74. The lowest BCUT2D eigenvalue weighted by Crippen LogP contribution is -2.54. The van der Waals surface area contributed by atoms with Gasteiger partial charge in [-0.2, -0.15) is 0 Å². The minimum atomic E-state index is -0.187. The summed E-state index contributed by atoms with van der Waals surface area (Å²) in [7, 11) is 0. The SMILES string of the molecule is CC1(C)c2ccccc2-c2ccc(-c3nc(-c4cc5c6c(c4)N(c4ccc7c(c4)sc4ccccc47)c4cc7sc8ccccc8c7cc4B6c4ccccc4-5)nc(-c4ccccc4-c4ccccc4)n3)cc21. The fraction of sp³-hybridized carbons (Fsp3) is 0.0455. The van der Waals surface area contributed by atoms with E-state index in [9.17, 15) is 0 Å². The number of hydrogen-bond acceptors (Lipinski definition) is 6. The monoisotopic (exact) mass is 964 g/mol. The van der Waals surface area contributed by atoms with Crippen molar-refractivity contribution in [2.24, 2.45) is 0 Å². The molecule has 3 aliphatic rings. The van der Waals surface area contributed by atoms with E-state index in [0.29, 0.717) is 17.5 Å². The quantitative estimate of drug-likeness (QED) is 0.161. The van der Waals surface area contributed by atoms with Crippen molar-refractivity contribution in [1.29, 1.82) is 0 Å². The second-order valence-electron chi connectivity index (χ2n) is 20.2. The Labute approximate surface area is 430 Å². The third-order valence-electron chi connectivity index (χ3n) is 15.9. The van der Waals surface area contributed by atoms with Crippen LogP contribution in [0.15, 0.2) is 212 Å². The van der Waals surface area contributed by atoms with Crippen LogP contribution < -0.4 is 21.3 Å². The van der Waals surface area contributed by atoms with E-state index in [1.54, 1.807) is 0 Å². The Morgan fingerprint density at radius 2 is 0.986 bits per heavy atom. The molecule has 340 valence electrons. The number of benzene rings is 10. The zero-order valence-electron chi connectivity index (χ0n) is 39.9. The molecule has 0 fully saturated rings. The highest BCUT2D eigenvalue weighted by atomic mass is 32.1. The maximum absolute atomic E-state index is 5.55. The first kappa shape index (κ1) is 41.2. The van der Waals surface area contributed by atoms with Crippen LogP contribution in [0.4, 0.5) is 17.1 Å². The third-order valence-corrected chi connectivity index (χ3v) is 18.2. The van der Waals surface area contributed by atoms with E-state index < -0.39 is 0 Å². The van der Waals surface area contributed by atoms with Crippen molar-refractivity contribution >= 4 is 103 Å². The molecule has 0 N–H and O–H groups in total. The third kappa shape index (κ3) is 5.98. The Bertz CT molecular complexity index is 4510. The van der Waals surface area contributed by atoms with Crippen LogP contribution in [0.25, 0.3) is 108 Å². The summed E-state index contributed by atoms with van der Waals surface area (Å²) in [5.74, 6) is 1.92. The molecule has 0 saturated heterocycles. The molecule has 73 heavy (non-hydrogen) atoms. The minimum Gasteiger partial charge on any atom is -0.311 e. The summed E-state index contributed by atoms with van der Waals surface area (Å²) in [4.78, 5) is 19.1. The summed E-state index contributed by atoms with van der Waals surface area (Å²) in [5.41, 5.74) is 19.9. The van der Waals surface area contributed by atoms with Crippen molar-refractivity contribution in [1.82, 2.24) is 15.0 Å². The Kier molecular flexibility index (Phi) is 8.61. The van der Waals surface area contributed by atoms with Gasteiger partial charge >= 0.3 is 0 Å². The summed E-state index contributed by atoms with van der Waals surface area (Å²) in [6.45, 7) is 4.70. The van der Waals surface area contributed by atoms with Gasteiger partial charge in [0.1, 0.15) is 0 Å². The minimum absolute atomic E-state index is 0.0405. The molecule has 3 aromatic heterocycles. The van der Waals surface area contributed by atoms with E-state index in [-0.39, 0.29) is 12.1 Å². The Balaban J connectivity index is 0.966. The predicted molar refractivity (Wildman–Crippen MR) is 310 cm³/mol. The second-order valence-corrected chi connectivity index (χ2v) is 22.4. The zero-order chi connectivity index (χ0) is 48.1. The fourth-order valence-electron chi connectivity index (χ4n) is 12.6. The lowest BCUT2D eigenvalue weighted by Gasteiger charge is -2.36. The van der Waals surface area contributed by atoms with Gasteiger partial charge in [0.15, 0.2) is 17.5 Å². The Morgan fingerprint density at radius 1 is 0.370 bits per heavy atom. The molecule has 2 aliphatic heterocycles. The first-order chi connectivity index (χ1) is 35.9. The molecule has 0 bridgehead atoms. The number of anilines is 3. The van der Waals surface area contributed by atoms with Gasteiger partial charge < -0.3 is 4.90 Å². The maximum Gasteiger partial charge on any atom is 0.248 e. The lowest BCUT2D eigenvalue weighted by atomic mass is 9.37. The molecule has 0 atom stereocenters. The van der Waals surface area contributed by atoms with Crippen LogP contribution in [0.1, 0.15) is 25.0 Å². The highest BCUT2D eigenvalue weighted by Gasteiger charge is 2.44. The van der Waals surface area contributed by atoms with Crippen LogP contribution in [0.5, 0.6) is 0 Å². The molecular formula is C66H41BN4S2. The smallest absolute Gasteiger partial charge is 0.248 e. The topological polar surface area (TPSA) is 41.9 Å². The first-order valence-electron chi connectivity index (χ1n) is 25.0. The predicted octanol–water partition coefficient (Wildman–Crippen LogP) is 15.9. The molecule has 0 amide bonds. The van der Waals surface area contributed by atoms with Gasteiger partial charge in [0.25, 0.3) is 0 Å². The van der Waals surface area contributed by atoms with Gasteiger partial charge in [-0.05, 0) is 109 Å². The van der Waals surface area contributed by atoms with Crippen LogP contribution in [0.3, 0.4) is 0 Å². The van der Waals surface area contributed by atoms with Crippen molar-refractivity contribution in [2.45, 2.75) is 19.3 Å². The second kappa shape index (κ2) is 15.3. The van der Waals surface area contributed by atoms with Crippen LogP contribution in [-0.2, 0) is 5.41 Å². The largest absolute Gasteiger partial charge is 0.311 e. The fourth-order valence-corrected chi connectivity index (χ4v) is 14.8. The maximum atomic E-state index is 5.55. The van der Waals surface area contributed by atoms with Crippen molar-refractivity contribution in [2.75, 3.05) is 4.90 Å². The average molecular weight is 965 g/mol. The van der Waals surface area contributed by atoms with Crippen LogP contribution >= 0.6 is 22.7 Å². The molecule has 13 aromatic rings. The molecule has 0 saturated carbocycles. The molecule has 10 aromatic carbocycles. The summed E-state index contributed by atoms with van der Waals surface area (Å²) in [5, 5.41) is 5.20. The molecule has 7 heteroatoms. The Hall–Kier alpha value is -8.49. The van der Waals surface area contributed by atoms with Crippen LogP contribution in [0.2, 0.25) is 0 Å². The molecule has 4 nitrogen and oxygen atoms in total. The van der Waals surface area contributed by atoms with Gasteiger partial charge in [-0.25, -0.2) is 15.0 Å². The van der Waals surface area contributed by atoms with Gasteiger partial charge in [-0.1, -0.05) is 183 Å². The highest BCUT2D eigenvalue weighted by Crippen LogP contribution is 2.51. The molecule has 16 rings (SSSR count).